The highest BCUT2D eigenvalue weighted by atomic mass is 32.1. The zero-order valence-corrected chi connectivity index (χ0v) is 73.7. The van der Waals surface area contributed by atoms with Gasteiger partial charge in [0.25, 0.3) is 0 Å². The number of pyridine rings is 3. The Balaban J connectivity index is 0.000000138. The Morgan fingerprint density at radius 1 is 0.289 bits per heavy atom. The highest BCUT2D eigenvalue weighted by molar-refractivity contribution is 7.00. The van der Waals surface area contributed by atoms with Crippen LogP contribution in [-0.2, 0) is 56.3 Å². The summed E-state index contributed by atoms with van der Waals surface area (Å²) in [7, 11) is 0. The van der Waals surface area contributed by atoms with Crippen molar-refractivity contribution in [3.63, 3.8) is 0 Å². The first-order valence-corrected chi connectivity index (χ1v) is 41.2. The van der Waals surface area contributed by atoms with E-state index in [0.29, 0.717) is 0 Å². The van der Waals surface area contributed by atoms with Crippen LogP contribution in [-0.4, -0.2) is 23.7 Å². The number of aryl methyl sites for hydroxylation is 1. The summed E-state index contributed by atoms with van der Waals surface area (Å²) in [6, 6.07) is 90.1. The van der Waals surface area contributed by atoms with Gasteiger partial charge in [-0.05, 0) is 194 Å². The van der Waals surface area contributed by atoms with Crippen molar-refractivity contribution in [1.82, 2.24) is 23.7 Å². The molecular formula is C106H123N7S. The number of benzene rings is 11. The molecule has 11 aromatic carbocycles. The summed E-state index contributed by atoms with van der Waals surface area (Å²) in [6.45, 7) is 56.5. The maximum absolute atomic E-state index is 4.64. The van der Waals surface area contributed by atoms with Gasteiger partial charge in [0.1, 0.15) is 11.0 Å². The maximum Gasteiger partial charge on any atom is 0.108 e. The van der Waals surface area contributed by atoms with Crippen molar-refractivity contribution in [2.75, 3.05) is 0 Å². The molecule has 588 valence electrons. The molecule has 1 aliphatic carbocycles. The predicted molar refractivity (Wildman–Crippen MR) is 494 cm³/mol. The molecule has 0 spiro atoms. The molecule has 0 saturated carbocycles. The maximum atomic E-state index is 4.64. The van der Waals surface area contributed by atoms with Gasteiger partial charge in [0.2, 0.25) is 0 Å². The van der Waals surface area contributed by atoms with Crippen LogP contribution in [0.1, 0.15) is 233 Å². The molecule has 0 amide bonds. The average molecular weight is 1530 g/mol. The van der Waals surface area contributed by atoms with Crippen molar-refractivity contribution in [3.8, 4) is 11.1 Å². The van der Waals surface area contributed by atoms with Gasteiger partial charge in [-0.25, -0.2) is 0 Å². The predicted octanol–water partition coefficient (Wildman–Crippen LogP) is 30.3. The van der Waals surface area contributed by atoms with Crippen molar-refractivity contribution < 1.29 is 0 Å². The number of hydrogen-bond acceptors (Lipinski definition) is 8. The molecule has 0 radical (unpaired) electrons. The summed E-state index contributed by atoms with van der Waals surface area (Å²) in [6.07, 6.45) is 4.77. The highest BCUT2D eigenvalue weighted by Crippen LogP contribution is 2.42. The zero-order valence-electron chi connectivity index (χ0n) is 72.9. The monoisotopic (exact) mass is 1530 g/mol. The third-order valence-electron chi connectivity index (χ3n) is 20.9. The Kier molecular flexibility index (Phi) is 26.8. The smallest absolute Gasteiger partial charge is 0.108 e. The quantitative estimate of drug-likeness (QED) is 0.151. The fourth-order valence-electron chi connectivity index (χ4n) is 14.4. The topological polar surface area (TPSA) is 89.2 Å². The van der Waals surface area contributed by atoms with Gasteiger partial charge >= 0.3 is 0 Å². The van der Waals surface area contributed by atoms with E-state index in [0.717, 1.165) is 51.9 Å². The summed E-state index contributed by atoms with van der Waals surface area (Å²) in [4.78, 5) is 13.3. The van der Waals surface area contributed by atoms with Gasteiger partial charge < -0.3 is 0 Å². The molecule has 15 aromatic rings. The van der Waals surface area contributed by atoms with Crippen LogP contribution in [0.25, 0.3) is 76.4 Å². The van der Waals surface area contributed by atoms with Crippen molar-refractivity contribution in [2.45, 2.75) is 229 Å². The Morgan fingerprint density at radius 2 is 0.737 bits per heavy atom. The summed E-state index contributed by atoms with van der Waals surface area (Å²) < 4.78 is 8.54. The molecular weight excluding hydrogens is 1400 g/mol. The minimum atomic E-state index is 0.148. The normalized spacial score (nSPS) is 12.5. The fourth-order valence-corrected chi connectivity index (χ4v) is 15.0. The van der Waals surface area contributed by atoms with Crippen molar-refractivity contribution in [2.24, 2.45) is 10.2 Å². The van der Waals surface area contributed by atoms with Crippen LogP contribution in [0.5, 0.6) is 0 Å². The van der Waals surface area contributed by atoms with Crippen LogP contribution in [0.15, 0.2) is 277 Å². The van der Waals surface area contributed by atoms with Crippen molar-refractivity contribution in [3.05, 3.63) is 334 Å². The fraction of sp³-hybridized carbons (Fsp3) is 0.330. The summed E-state index contributed by atoms with van der Waals surface area (Å²) >= 11 is 1.28. The SMILES string of the molecule is CC(C)(C)c1ccc2c(c1)N=NC2.CC(C)(C)c1ccc2ccccc2c1.CC(C)(C)c1ccc2ncccc2c1.CC(C)(C)c1cccc2c1Cc1ccccc1-2.CC(C)(C)c1cccc2ccccc12.CC(C)(C)c1cccc2ncccc12.CC(C)(C)c1cccc2nsnc12.Cc1ccc2cccc(C(C)(C)C)c2n1. The first kappa shape index (κ1) is 86.0. The molecule has 114 heavy (non-hydrogen) atoms. The van der Waals surface area contributed by atoms with Gasteiger partial charge in [-0.2, -0.15) is 19.0 Å². The van der Waals surface area contributed by atoms with Gasteiger partial charge in [-0.1, -0.05) is 372 Å². The number of fused-ring (bicyclic) bond motifs is 10. The van der Waals surface area contributed by atoms with Gasteiger partial charge in [0, 0.05) is 39.8 Å². The number of aromatic nitrogens is 5. The van der Waals surface area contributed by atoms with Gasteiger partial charge in [-0.3, -0.25) is 15.0 Å². The molecule has 4 aromatic heterocycles. The summed E-state index contributed by atoms with van der Waals surface area (Å²) in [5, 5.41) is 17.2. The first-order valence-electron chi connectivity index (χ1n) is 40.5. The lowest BCUT2D eigenvalue weighted by Crippen LogP contribution is -2.13. The van der Waals surface area contributed by atoms with Gasteiger partial charge in [0.05, 0.1) is 40.5 Å². The molecule has 17 rings (SSSR count). The molecule has 7 nitrogen and oxygen atoms in total. The number of azo groups is 1. The lowest BCUT2D eigenvalue weighted by Gasteiger charge is -2.22. The molecule has 0 unspecified atom stereocenters. The van der Waals surface area contributed by atoms with Crippen molar-refractivity contribution in [1.29, 1.82) is 0 Å². The van der Waals surface area contributed by atoms with Crippen LogP contribution < -0.4 is 0 Å². The van der Waals surface area contributed by atoms with E-state index in [-0.39, 0.29) is 43.3 Å². The minimum absolute atomic E-state index is 0.148. The number of rotatable bonds is 0. The van der Waals surface area contributed by atoms with Crippen LogP contribution in [0.2, 0.25) is 0 Å². The molecule has 0 N–H and O–H groups in total. The molecule has 0 saturated heterocycles. The summed E-state index contributed by atoms with van der Waals surface area (Å²) in [5.74, 6) is 0. The number of para-hydroxylation sites is 1. The van der Waals surface area contributed by atoms with Gasteiger partial charge in [0.15, 0.2) is 0 Å². The number of hydrogen-bond donors (Lipinski definition) is 0. The average Bonchev–Trinajstić information content (AvgIpc) is 1.58. The lowest BCUT2D eigenvalue weighted by molar-refractivity contribution is 0.585. The summed E-state index contributed by atoms with van der Waals surface area (Å²) in [5.41, 5.74) is 27.2. The van der Waals surface area contributed by atoms with E-state index in [9.17, 15) is 0 Å². The Labute approximate surface area is 686 Å². The van der Waals surface area contributed by atoms with E-state index in [2.05, 4.69) is 431 Å². The molecule has 1 aliphatic heterocycles. The van der Waals surface area contributed by atoms with E-state index in [1.54, 1.807) is 0 Å². The second-order valence-corrected chi connectivity index (χ2v) is 39.1. The first-order chi connectivity index (χ1) is 53.5. The Bertz CT molecular complexity index is 5600. The molecule has 8 heteroatoms. The van der Waals surface area contributed by atoms with E-state index in [1.807, 2.05) is 43.6 Å². The Hall–Kier alpha value is -10.4. The second kappa shape index (κ2) is 35.5. The molecule has 0 atom stereocenters. The van der Waals surface area contributed by atoms with E-state index in [4.69, 9.17) is 0 Å². The van der Waals surface area contributed by atoms with E-state index >= 15 is 0 Å². The number of nitrogens with zero attached hydrogens (tertiary/aromatic N) is 7. The Morgan fingerprint density at radius 3 is 1.38 bits per heavy atom. The second-order valence-electron chi connectivity index (χ2n) is 38.6. The van der Waals surface area contributed by atoms with E-state index < -0.39 is 0 Å². The third kappa shape index (κ3) is 22.3. The van der Waals surface area contributed by atoms with Crippen molar-refractivity contribution >= 4 is 82.7 Å². The third-order valence-corrected chi connectivity index (χ3v) is 21.5. The molecule has 0 fully saturated rings. The zero-order chi connectivity index (χ0) is 82.8. The molecule has 0 bridgehead atoms. The van der Waals surface area contributed by atoms with Crippen LogP contribution in [0.4, 0.5) is 5.69 Å². The van der Waals surface area contributed by atoms with E-state index in [1.165, 1.54) is 122 Å². The minimum Gasteiger partial charge on any atom is -0.256 e. The van der Waals surface area contributed by atoms with Crippen LogP contribution >= 0.6 is 11.7 Å². The lowest BCUT2D eigenvalue weighted by atomic mass is 9.82. The van der Waals surface area contributed by atoms with Crippen LogP contribution in [0.3, 0.4) is 0 Å². The largest absolute Gasteiger partial charge is 0.256 e. The molecule has 2 aliphatic rings. The standard InChI is InChI=1S/C17H18.C14H17N.2C14H16.2C13H15N.C11H14N2.C10H12N2S/c1-17(2,3)16-10-6-9-14-13-8-5-4-7-12(13)11-15(14)16;1-10-8-9-11-6-5-7-12(13(11)15-10)14(2,3)4;1-14(2,3)13-10-6-8-11-7-4-5-9-12(11)13;1-14(2,3)13-9-8-11-6-4-5-7-12(11)10-13;1-13(2,3)11-7-4-8-12-10(11)6-5-9-14-12;1-13(2,3)11-6-7-12-10(9-11)5-4-8-14-12;1-11(2,3)9-5-4-8-7-12-13-10(8)6-9;1-10(2,3)7-5-4-6-8-9(7)12-13-11-8/h4-10H,11H2,1-3H3;5-9H,1-4H3;2*4-10H,1-3H3;2*4-9H,1-3H3;4-6H,7H2,1-3H3;4-6H,1-3H3. The van der Waals surface area contributed by atoms with Gasteiger partial charge in [-0.15, -0.1) is 0 Å². The highest BCUT2D eigenvalue weighted by Gasteiger charge is 2.27. The molecule has 5 heterocycles. The van der Waals surface area contributed by atoms with Crippen LogP contribution in [0, 0.1) is 6.92 Å².